The molecule has 0 amide bonds. The van der Waals surface area contributed by atoms with Crippen LogP contribution in [0.15, 0.2) is 48.5 Å². The summed E-state index contributed by atoms with van der Waals surface area (Å²) in [5.74, 6) is -0.0527. The number of alkyl halides is 3. The predicted octanol–water partition coefficient (Wildman–Crippen LogP) is 4.00. The van der Waals surface area contributed by atoms with E-state index in [1.807, 2.05) is 24.3 Å². The van der Waals surface area contributed by atoms with E-state index in [9.17, 15) is 18.0 Å². The first kappa shape index (κ1) is 16.4. The summed E-state index contributed by atoms with van der Waals surface area (Å²) in [5.41, 5.74) is 0.726. The maximum atomic E-state index is 12.5. The van der Waals surface area contributed by atoms with Crippen LogP contribution in [-0.2, 0) is 28.7 Å². The number of benzene rings is 2. The van der Waals surface area contributed by atoms with Crippen LogP contribution < -0.4 is 4.74 Å². The lowest BCUT2D eigenvalue weighted by Gasteiger charge is -2.23. The van der Waals surface area contributed by atoms with Crippen molar-refractivity contribution >= 4 is 5.97 Å². The summed E-state index contributed by atoms with van der Waals surface area (Å²) in [5, 5.41) is 0. The number of hydrogen-bond acceptors (Lipinski definition) is 3. The van der Waals surface area contributed by atoms with Gasteiger partial charge >= 0.3 is 12.1 Å². The van der Waals surface area contributed by atoms with Crippen LogP contribution >= 0.6 is 0 Å². The summed E-state index contributed by atoms with van der Waals surface area (Å²) < 4.78 is 48.2. The van der Waals surface area contributed by atoms with E-state index in [0.29, 0.717) is 12.0 Å². The number of halogens is 3. The second-order valence-electron chi connectivity index (χ2n) is 5.62. The molecule has 3 nitrogen and oxygen atoms in total. The molecule has 1 unspecified atom stereocenters. The highest BCUT2D eigenvalue weighted by atomic mass is 19.4. The molecule has 0 saturated heterocycles. The van der Waals surface area contributed by atoms with Crippen molar-refractivity contribution in [1.29, 1.82) is 0 Å². The Kier molecular flexibility index (Phi) is 4.46. The van der Waals surface area contributed by atoms with Crippen LogP contribution in [0.4, 0.5) is 13.2 Å². The van der Waals surface area contributed by atoms with Gasteiger partial charge in [-0.2, -0.15) is 13.2 Å². The Labute approximate surface area is 137 Å². The second kappa shape index (κ2) is 6.55. The zero-order valence-corrected chi connectivity index (χ0v) is 12.7. The standard InChI is InChI=1S/C18H15F3O3/c19-18(20,21)15-7-5-12(6-8-15)10-24-17(22)14-9-13-3-1-2-4-16(13)23-11-14/h1-8,14H,9-11H2. The summed E-state index contributed by atoms with van der Waals surface area (Å²) in [6, 6.07) is 12.0. The smallest absolute Gasteiger partial charge is 0.416 e. The minimum absolute atomic E-state index is 0.0604. The minimum atomic E-state index is -4.37. The van der Waals surface area contributed by atoms with Crippen LogP contribution in [0.1, 0.15) is 16.7 Å². The minimum Gasteiger partial charge on any atom is -0.492 e. The molecule has 2 aromatic carbocycles. The van der Waals surface area contributed by atoms with Crippen molar-refractivity contribution in [2.75, 3.05) is 6.61 Å². The molecule has 0 fully saturated rings. The lowest BCUT2D eigenvalue weighted by atomic mass is 9.97. The number of rotatable bonds is 3. The van der Waals surface area contributed by atoms with E-state index in [1.54, 1.807) is 0 Å². The second-order valence-corrected chi connectivity index (χ2v) is 5.62. The van der Waals surface area contributed by atoms with Crippen molar-refractivity contribution in [1.82, 2.24) is 0 Å². The van der Waals surface area contributed by atoms with Gasteiger partial charge in [0.2, 0.25) is 0 Å². The molecule has 2 aromatic rings. The Morgan fingerprint density at radius 1 is 1.12 bits per heavy atom. The van der Waals surface area contributed by atoms with Crippen molar-refractivity contribution in [3.8, 4) is 5.75 Å². The van der Waals surface area contributed by atoms with E-state index in [-0.39, 0.29) is 13.2 Å². The Bertz CT molecular complexity index is 723. The zero-order chi connectivity index (χ0) is 17.2. The van der Waals surface area contributed by atoms with Crippen molar-refractivity contribution in [3.05, 3.63) is 65.2 Å². The molecule has 0 aliphatic carbocycles. The Hall–Kier alpha value is -2.50. The van der Waals surface area contributed by atoms with Crippen molar-refractivity contribution in [3.63, 3.8) is 0 Å². The topological polar surface area (TPSA) is 35.5 Å². The first-order chi connectivity index (χ1) is 11.4. The fourth-order valence-corrected chi connectivity index (χ4v) is 2.54. The third-order valence-corrected chi connectivity index (χ3v) is 3.87. The fourth-order valence-electron chi connectivity index (χ4n) is 2.54. The molecule has 6 heteroatoms. The summed E-state index contributed by atoms with van der Waals surface area (Å²) >= 11 is 0. The average Bonchev–Trinajstić information content (AvgIpc) is 2.59. The molecule has 0 saturated carbocycles. The van der Waals surface area contributed by atoms with Gasteiger partial charge in [0.1, 0.15) is 19.0 Å². The Balaban J connectivity index is 1.56. The summed E-state index contributed by atoms with van der Waals surface area (Å²) in [6.45, 7) is 0.179. The van der Waals surface area contributed by atoms with E-state index in [0.717, 1.165) is 23.4 Å². The Morgan fingerprint density at radius 2 is 1.83 bits per heavy atom. The highest BCUT2D eigenvalue weighted by molar-refractivity contribution is 5.73. The van der Waals surface area contributed by atoms with Gasteiger partial charge in [-0.25, -0.2) is 0 Å². The molecule has 0 bridgehead atoms. The highest BCUT2D eigenvalue weighted by Crippen LogP contribution is 2.30. The molecule has 1 aliphatic rings. The lowest BCUT2D eigenvalue weighted by Crippen LogP contribution is -2.29. The molecule has 1 atom stereocenters. The van der Waals surface area contributed by atoms with Gasteiger partial charge in [-0.05, 0) is 35.7 Å². The molecular formula is C18H15F3O3. The maximum absolute atomic E-state index is 12.5. The van der Waals surface area contributed by atoms with Crippen LogP contribution in [-0.4, -0.2) is 12.6 Å². The van der Waals surface area contributed by atoms with Gasteiger partial charge in [-0.1, -0.05) is 30.3 Å². The van der Waals surface area contributed by atoms with Crippen molar-refractivity contribution in [2.24, 2.45) is 5.92 Å². The number of hydrogen-bond donors (Lipinski definition) is 0. The summed E-state index contributed by atoms with van der Waals surface area (Å²) in [7, 11) is 0. The summed E-state index contributed by atoms with van der Waals surface area (Å²) in [6.07, 6.45) is -3.84. The molecule has 24 heavy (non-hydrogen) atoms. The zero-order valence-electron chi connectivity index (χ0n) is 12.7. The van der Waals surface area contributed by atoms with Crippen LogP contribution in [0.2, 0.25) is 0 Å². The van der Waals surface area contributed by atoms with E-state index < -0.39 is 23.6 Å². The third kappa shape index (κ3) is 3.69. The van der Waals surface area contributed by atoms with Gasteiger partial charge in [0.05, 0.1) is 11.5 Å². The average molecular weight is 336 g/mol. The molecule has 0 spiro atoms. The van der Waals surface area contributed by atoms with Gasteiger partial charge in [0, 0.05) is 0 Å². The molecule has 126 valence electrons. The van der Waals surface area contributed by atoms with Gasteiger partial charge in [-0.3, -0.25) is 4.79 Å². The van der Waals surface area contributed by atoms with E-state index in [1.165, 1.54) is 12.1 Å². The molecular weight excluding hydrogens is 321 g/mol. The van der Waals surface area contributed by atoms with E-state index in [4.69, 9.17) is 9.47 Å². The van der Waals surface area contributed by atoms with Gasteiger partial charge < -0.3 is 9.47 Å². The van der Waals surface area contributed by atoms with Crippen LogP contribution in [0.25, 0.3) is 0 Å². The predicted molar refractivity (Wildman–Crippen MR) is 80.4 cm³/mol. The first-order valence-electron chi connectivity index (χ1n) is 7.47. The van der Waals surface area contributed by atoms with E-state index >= 15 is 0 Å². The lowest BCUT2D eigenvalue weighted by molar-refractivity contribution is -0.151. The van der Waals surface area contributed by atoms with Crippen molar-refractivity contribution in [2.45, 2.75) is 19.2 Å². The summed E-state index contributed by atoms with van der Waals surface area (Å²) in [4.78, 5) is 12.1. The fraction of sp³-hybridized carbons (Fsp3) is 0.278. The Morgan fingerprint density at radius 3 is 2.54 bits per heavy atom. The number of esters is 1. The molecule has 0 aromatic heterocycles. The number of carbonyl (C=O) groups is 1. The number of carbonyl (C=O) groups excluding carboxylic acids is 1. The molecule has 1 heterocycles. The SMILES string of the molecule is O=C(OCc1ccc(C(F)(F)F)cc1)C1COc2ccccc2C1. The van der Waals surface area contributed by atoms with Crippen LogP contribution in [0.3, 0.4) is 0 Å². The molecule has 0 N–H and O–H groups in total. The molecule has 0 radical (unpaired) electrons. The number of ether oxygens (including phenoxy) is 2. The molecule has 1 aliphatic heterocycles. The third-order valence-electron chi connectivity index (χ3n) is 3.87. The number of para-hydroxylation sites is 1. The highest BCUT2D eigenvalue weighted by Gasteiger charge is 2.30. The first-order valence-corrected chi connectivity index (χ1v) is 7.47. The van der Waals surface area contributed by atoms with Gasteiger partial charge in [0.25, 0.3) is 0 Å². The largest absolute Gasteiger partial charge is 0.492 e. The quantitative estimate of drug-likeness (QED) is 0.795. The van der Waals surface area contributed by atoms with Crippen LogP contribution in [0, 0.1) is 5.92 Å². The van der Waals surface area contributed by atoms with Crippen molar-refractivity contribution < 1.29 is 27.4 Å². The number of fused-ring (bicyclic) bond motifs is 1. The van der Waals surface area contributed by atoms with E-state index in [2.05, 4.69) is 0 Å². The molecule has 3 rings (SSSR count). The van der Waals surface area contributed by atoms with Gasteiger partial charge in [0.15, 0.2) is 0 Å². The normalized spacial score (nSPS) is 16.9. The van der Waals surface area contributed by atoms with Gasteiger partial charge in [-0.15, -0.1) is 0 Å². The maximum Gasteiger partial charge on any atom is 0.416 e. The monoisotopic (exact) mass is 336 g/mol. The van der Waals surface area contributed by atoms with Crippen LogP contribution in [0.5, 0.6) is 5.75 Å².